The van der Waals surface area contributed by atoms with E-state index in [1.807, 2.05) is 6.08 Å². The summed E-state index contributed by atoms with van der Waals surface area (Å²) >= 11 is 0. The Kier molecular flexibility index (Phi) is 4.60. The van der Waals surface area contributed by atoms with E-state index in [1.54, 1.807) is 0 Å². The topological polar surface area (TPSA) is 3.24 Å². The highest BCUT2D eigenvalue weighted by Gasteiger charge is 2.52. The second kappa shape index (κ2) is 5.40. The van der Waals surface area contributed by atoms with Gasteiger partial charge >= 0.3 is 0 Å². The maximum absolute atomic E-state index is 3.83. The zero-order chi connectivity index (χ0) is 15.8. The highest BCUT2D eigenvalue weighted by Crippen LogP contribution is 2.53. The molecule has 0 radical (unpaired) electrons. The van der Waals surface area contributed by atoms with Crippen molar-refractivity contribution in [2.24, 2.45) is 0 Å². The lowest BCUT2D eigenvalue weighted by molar-refractivity contribution is 0.608. The van der Waals surface area contributed by atoms with Gasteiger partial charge in [0, 0.05) is 5.69 Å². The van der Waals surface area contributed by atoms with Crippen LogP contribution in [0.1, 0.15) is 47.1 Å². The molecule has 0 aromatic heterocycles. The predicted octanol–water partition coefficient (Wildman–Crippen LogP) is 5.94. The zero-order valence-corrected chi connectivity index (χ0v) is 15.5. The summed E-state index contributed by atoms with van der Waals surface area (Å²) < 4.78 is 2.57. The summed E-state index contributed by atoms with van der Waals surface area (Å²) in [4.78, 5) is 0. The number of hydrogen-bond donors (Lipinski definition) is 0. The van der Waals surface area contributed by atoms with E-state index < -0.39 is 8.24 Å². The summed E-state index contributed by atoms with van der Waals surface area (Å²) in [6.07, 6.45) is 1.90. The van der Waals surface area contributed by atoms with E-state index in [-0.39, 0.29) is 0 Å². The Morgan fingerprint density at radius 1 is 0.950 bits per heavy atom. The fraction of sp³-hybridized carbons (Fsp3) is 0.556. The largest absolute Gasteiger partial charge is 0.399 e. The van der Waals surface area contributed by atoms with Crippen LogP contribution in [0.15, 0.2) is 30.8 Å². The van der Waals surface area contributed by atoms with Gasteiger partial charge in [-0.1, -0.05) is 72.9 Å². The maximum Gasteiger partial charge on any atom is 0.163 e. The lowest BCUT2D eigenvalue weighted by Gasteiger charge is -2.55. The quantitative estimate of drug-likeness (QED) is 0.622. The standard InChI is InChI=1S/C18H31NSi/c1-10-15-11-13-16(14-12-15)19(8)20(9,17(2,3)4)18(5,6)7/h10-14H,1H2,2-9H3. The Hall–Kier alpha value is -1.02. The monoisotopic (exact) mass is 289 g/mol. The molecule has 0 amide bonds. The number of hydrogen-bond acceptors (Lipinski definition) is 1. The molecule has 1 rings (SSSR count). The minimum Gasteiger partial charge on any atom is -0.399 e. The number of benzene rings is 1. The van der Waals surface area contributed by atoms with Crippen molar-refractivity contribution in [3.05, 3.63) is 36.4 Å². The molecule has 0 bridgehead atoms. The molecule has 112 valence electrons. The summed E-state index contributed by atoms with van der Waals surface area (Å²) in [6.45, 7) is 20.7. The normalized spacial score (nSPS) is 13.2. The van der Waals surface area contributed by atoms with Crippen molar-refractivity contribution < 1.29 is 0 Å². The Balaban J connectivity index is 3.31. The second-order valence-corrected chi connectivity index (χ2v) is 13.7. The molecule has 0 saturated heterocycles. The van der Waals surface area contributed by atoms with E-state index in [4.69, 9.17) is 0 Å². The Bertz CT molecular complexity index is 446. The first-order valence-electron chi connectivity index (χ1n) is 7.41. The number of anilines is 1. The molecule has 0 unspecified atom stereocenters. The van der Waals surface area contributed by atoms with Crippen molar-refractivity contribution in [2.75, 3.05) is 11.6 Å². The average molecular weight is 290 g/mol. The van der Waals surface area contributed by atoms with Crippen LogP contribution in [-0.2, 0) is 0 Å². The van der Waals surface area contributed by atoms with Gasteiger partial charge in [0.15, 0.2) is 8.24 Å². The van der Waals surface area contributed by atoms with Gasteiger partial charge in [0.2, 0.25) is 0 Å². The van der Waals surface area contributed by atoms with Crippen LogP contribution in [0.3, 0.4) is 0 Å². The maximum atomic E-state index is 3.83. The lowest BCUT2D eigenvalue weighted by Crippen LogP contribution is -2.61. The van der Waals surface area contributed by atoms with Crippen LogP contribution < -0.4 is 4.57 Å². The van der Waals surface area contributed by atoms with Gasteiger partial charge in [0.1, 0.15) is 0 Å². The molecule has 0 spiro atoms. The lowest BCUT2D eigenvalue weighted by atomic mass is 10.2. The molecule has 0 N–H and O–H groups in total. The first-order valence-corrected chi connectivity index (χ1v) is 9.86. The second-order valence-electron chi connectivity index (χ2n) is 7.93. The molecule has 0 saturated carbocycles. The van der Waals surface area contributed by atoms with E-state index in [9.17, 15) is 0 Å². The third kappa shape index (κ3) is 2.85. The van der Waals surface area contributed by atoms with Gasteiger partial charge in [-0.3, -0.25) is 0 Å². The fourth-order valence-electron chi connectivity index (χ4n) is 3.22. The predicted molar refractivity (Wildman–Crippen MR) is 96.0 cm³/mol. The van der Waals surface area contributed by atoms with Gasteiger partial charge in [0.25, 0.3) is 0 Å². The summed E-state index contributed by atoms with van der Waals surface area (Å²) in [5.74, 6) is 0. The van der Waals surface area contributed by atoms with Crippen LogP contribution in [0, 0.1) is 0 Å². The van der Waals surface area contributed by atoms with Gasteiger partial charge in [0.05, 0.1) is 0 Å². The van der Waals surface area contributed by atoms with Crippen LogP contribution in [0.4, 0.5) is 5.69 Å². The molecule has 1 nitrogen and oxygen atoms in total. The number of nitrogens with zero attached hydrogens (tertiary/aromatic N) is 1. The third-order valence-electron chi connectivity index (χ3n) is 5.11. The van der Waals surface area contributed by atoms with Crippen LogP contribution in [-0.4, -0.2) is 15.3 Å². The zero-order valence-electron chi connectivity index (χ0n) is 14.5. The summed E-state index contributed by atoms with van der Waals surface area (Å²) in [5.41, 5.74) is 2.49. The van der Waals surface area contributed by atoms with Crippen molar-refractivity contribution in [1.82, 2.24) is 0 Å². The van der Waals surface area contributed by atoms with Crippen LogP contribution in [0.25, 0.3) is 6.08 Å². The van der Waals surface area contributed by atoms with Gasteiger partial charge in [-0.25, -0.2) is 0 Å². The first kappa shape index (κ1) is 17.0. The van der Waals surface area contributed by atoms with E-state index in [1.165, 1.54) is 11.3 Å². The van der Waals surface area contributed by atoms with Crippen molar-refractivity contribution in [1.29, 1.82) is 0 Å². The van der Waals surface area contributed by atoms with E-state index in [0.29, 0.717) is 10.1 Å². The smallest absolute Gasteiger partial charge is 0.163 e. The molecule has 0 aliphatic heterocycles. The summed E-state index contributed by atoms with van der Waals surface area (Å²) in [5, 5.41) is 0.605. The van der Waals surface area contributed by atoms with Crippen molar-refractivity contribution >= 4 is 20.0 Å². The van der Waals surface area contributed by atoms with Crippen LogP contribution in [0.2, 0.25) is 16.6 Å². The van der Waals surface area contributed by atoms with Crippen molar-refractivity contribution in [2.45, 2.75) is 58.2 Å². The van der Waals surface area contributed by atoms with E-state index in [0.717, 1.165) is 0 Å². The molecule has 0 aliphatic rings. The molecule has 0 aliphatic carbocycles. The summed E-state index contributed by atoms with van der Waals surface area (Å²) in [7, 11) is 0.553. The van der Waals surface area contributed by atoms with Crippen LogP contribution in [0.5, 0.6) is 0 Å². The van der Waals surface area contributed by atoms with Gasteiger partial charge in [-0.2, -0.15) is 0 Å². The molecule has 2 heteroatoms. The molecule has 20 heavy (non-hydrogen) atoms. The first-order chi connectivity index (χ1) is 8.95. The molecule has 0 atom stereocenters. The minimum atomic E-state index is -1.72. The average Bonchev–Trinajstić information content (AvgIpc) is 2.34. The molecule has 1 aromatic rings. The van der Waals surface area contributed by atoms with E-state index in [2.05, 4.69) is 90.5 Å². The third-order valence-corrected chi connectivity index (χ3v) is 12.5. The fourth-order valence-corrected chi connectivity index (χ4v) is 8.15. The van der Waals surface area contributed by atoms with E-state index >= 15 is 0 Å². The van der Waals surface area contributed by atoms with Crippen LogP contribution >= 0.6 is 0 Å². The van der Waals surface area contributed by atoms with Gasteiger partial charge in [-0.15, -0.1) is 0 Å². The summed E-state index contributed by atoms with van der Waals surface area (Å²) in [6, 6.07) is 8.75. The highest BCUT2D eigenvalue weighted by atomic mass is 28.3. The van der Waals surface area contributed by atoms with Crippen molar-refractivity contribution in [3.63, 3.8) is 0 Å². The molecule has 0 fully saturated rings. The number of rotatable bonds is 3. The molecular weight excluding hydrogens is 258 g/mol. The Morgan fingerprint density at radius 3 is 1.65 bits per heavy atom. The Morgan fingerprint density at radius 2 is 1.35 bits per heavy atom. The van der Waals surface area contributed by atoms with Gasteiger partial charge in [-0.05, 0) is 34.8 Å². The minimum absolute atomic E-state index is 0.303. The molecule has 1 aromatic carbocycles. The highest BCUT2D eigenvalue weighted by molar-refractivity contribution is 6.87. The van der Waals surface area contributed by atoms with Crippen molar-refractivity contribution in [3.8, 4) is 0 Å². The Labute approximate surface area is 126 Å². The SMILES string of the molecule is C=Cc1ccc(N(C)[Si](C)(C(C)(C)C)C(C)(C)C)cc1. The van der Waals surface area contributed by atoms with Gasteiger partial charge < -0.3 is 4.57 Å². The molecule has 0 heterocycles. The molecular formula is C18H31NSi.